The van der Waals surface area contributed by atoms with Gasteiger partial charge in [-0.1, -0.05) is 0 Å². The summed E-state index contributed by atoms with van der Waals surface area (Å²) in [5, 5.41) is 2.33. The van der Waals surface area contributed by atoms with Gasteiger partial charge < -0.3 is 19.5 Å². The molecule has 7 nitrogen and oxygen atoms in total. The number of ether oxygens (including phenoxy) is 3. The Bertz CT molecular complexity index is 549. The van der Waals surface area contributed by atoms with Crippen molar-refractivity contribution in [2.45, 2.75) is 39.8 Å². The Labute approximate surface area is 141 Å². The van der Waals surface area contributed by atoms with Crippen LogP contribution in [0.2, 0.25) is 0 Å². The third-order valence-corrected chi connectivity index (χ3v) is 2.81. The summed E-state index contributed by atoms with van der Waals surface area (Å²) in [6, 6.07) is 4.86. The summed E-state index contributed by atoms with van der Waals surface area (Å²) in [5.74, 6) is -1.68. The molecule has 0 fully saturated rings. The van der Waals surface area contributed by atoms with Gasteiger partial charge in [0.05, 0.1) is 19.3 Å². The zero-order chi connectivity index (χ0) is 18.1. The number of benzene rings is 1. The fourth-order valence-corrected chi connectivity index (χ4v) is 1.84. The van der Waals surface area contributed by atoms with Crippen molar-refractivity contribution in [3.63, 3.8) is 0 Å². The Morgan fingerprint density at radius 1 is 0.958 bits per heavy atom. The van der Waals surface area contributed by atoms with Crippen LogP contribution in [0.3, 0.4) is 0 Å². The molecule has 0 saturated carbocycles. The van der Waals surface area contributed by atoms with Gasteiger partial charge in [-0.2, -0.15) is 0 Å². The van der Waals surface area contributed by atoms with Crippen LogP contribution in [0, 0.1) is 0 Å². The maximum Gasteiger partial charge on any atom is 0.340 e. The van der Waals surface area contributed by atoms with Gasteiger partial charge in [-0.3, -0.25) is 4.79 Å². The van der Waals surface area contributed by atoms with Crippen LogP contribution in [0.25, 0.3) is 0 Å². The van der Waals surface area contributed by atoms with E-state index in [9.17, 15) is 14.4 Å². The first kappa shape index (κ1) is 19.5. The van der Waals surface area contributed by atoms with Crippen LogP contribution in [0.15, 0.2) is 24.3 Å². The highest BCUT2D eigenvalue weighted by molar-refractivity contribution is 6.05. The molecule has 0 aliphatic heterocycles. The summed E-state index contributed by atoms with van der Waals surface area (Å²) < 4.78 is 15.1. The molecule has 7 heteroatoms. The lowest BCUT2D eigenvalue weighted by molar-refractivity contribution is -0.157. The number of hydrogen-bond donors (Lipinski definition) is 1. The van der Waals surface area contributed by atoms with E-state index in [-0.39, 0.29) is 24.9 Å². The molecule has 0 radical (unpaired) electrons. The average molecular weight is 337 g/mol. The van der Waals surface area contributed by atoms with E-state index in [1.807, 2.05) is 13.8 Å². The zero-order valence-corrected chi connectivity index (χ0v) is 14.3. The molecule has 1 N–H and O–H groups in total. The fraction of sp³-hybridized carbons (Fsp3) is 0.471. The van der Waals surface area contributed by atoms with Crippen molar-refractivity contribution in [3.05, 3.63) is 29.8 Å². The maximum absolute atomic E-state index is 12.2. The highest BCUT2D eigenvalue weighted by Gasteiger charge is 2.31. The Morgan fingerprint density at radius 2 is 1.46 bits per heavy atom. The minimum Gasteiger partial charge on any atom is -0.491 e. The van der Waals surface area contributed by atoms with Crippen molar-refractivity contribution in [1.82, 2.24) is 5.32 Å². The molecule has 0 atom stereocenters. The van der Waals surface area contributed by atoms with E-state index in [4.69, 9.17) is 14.2 Å². The highest BCUT2D eigenvalue weighted by atomic mass is 16.6. The van der Waals surface area contributed by atoms with Gasteiger partial charge in [0.1, 0.15) is 5.75 Å². The van der Waals surface area contributed by atoms with Gasteiger partial charge in [0.15, 0.2) is 0 Å². The van der Waals surface area contributed by atoms with Gasteiger partial charge in [-0.15, -0.1) is 0 Å². The Balaban J connectivity index is 2.83. The number of esters is 2. The third kappa shape index (κ3) is 5.91. The number of carbonyl (C=O) groups excluding carboxylic acids is 3. The standard InChI is InChI=1S/C17H23NO6/c1-5-22-16(20)14(17(21)23-6-2)18-15(19)12-7-9-13(10-8-12)24-11(3)4/h7-11,14H,5-6H2,1-4H3,(H,18,19). The van der Waals surface area contributed by atoms with Gasteiger partial charge in [0, 0.05) is 5.56 Å². The maximum atomic E-state index is 12.2. The lowest BCUT2D eigenvalue weighted by Crippen LogP contribution is -2.48. The topological polar surface area (TPSA) is 90.9 Å². The van der Waals surface area contributed by atoms with Crippen LogP contribution in [0.5, 0.6) is 5.75 Å². The van der Waals surface area contributed by atoms with Crippen LogP contribution >= 0.6 is 0 Å². The van der Waals surface area contributed by atoms with Crippen molar-refractivity contribution < 1.29 is 28.6 Å². The number of rotatable bonds is 8. The summed E-state index contributed by atoms with van der Waals surface area (Å²) in [6.07, 6.45) is 0.0154. The van der Waals surface area contributed by atoms with Gasteiger partial charge in [-0.25, -0.2) is 9.59 Å². The van der Waals surface area contributed by atoms with Crippen LogP contribution in [-0.4, -0.2) is 43.2 Å². The molecular formula is C17H23NO6. The minimum atomic E-state index is -1.50. The van der Waals surface area contributed by atoms with Crippen molar-refractivity contribution in [2.24, 2.45) is 0 Å². The van der Waals surface area contributed by atoms with Crippen molar-refractivity contribution in [2.75, 3.05) is 13.2 Å². The molecule has 0 aliphatic rings. The first-order chi connectivity index (χ1) is 11.4. The summed E-state index contributed by atoms with van der Waals surface area (Å²) in [7, 11) is 0. The molecule has 0 bridgehead atoms. The summed E-state index contributed by atoms with van der Waals surface area (Å²) in [4.78, 5) is 35.9. The van der Waals surface area contributed by atoms with Crippen molar-refractivity contribution in [1.29, 1.82) is 0 Å². The first-order valence-corrected chi connectivity index (χ1v) is 7.79. The van der Waals surface area contributed by atoms with E-state index in [0.717, 1.165) is 0 Å². The normalized spacial score (nSPS) is 10.4. The molecule has 0 unspecified atom stereocenters. The van der Waals surface area contributed by atoms with Crippen LogP contribution < -0.4 is 10.1 Å². The smallest absolute Gasteiger partial charge is 0.340 e. The lowest BCUT2D eigenvalue weighted by Gasteiger charge is -2.16. The second kappa shape index (κ2) is 9.54. The first-order valence-electron chi connectivity index (χ1n) is 7.79. The Morgan fingerprint density at radius 3 is 1.88 bits per heavy atom. The zero-order valence-electron chi connectivity index (χ0n) is 14.3. The van der Waals surface area contributed by atoms with Gasteiger partial charge >= 0.3 is 11.9 Å². The Hall–Kier alpha value is -2.57. The van der Waals surface area contributed by atoms with Gasteiger partial charge in [0.25, 0.3) is 5.91 Å². The van der Waals surface area contributed by atoms with Gasteiger partial charge in [-0.05, 0) is 52.0 Å². The van der Waals surface area contributed by atoms with E-state index in [1.54, 1.807) is 38.1 Å². The van der Waals surface area contributed by atoms with E-state index in [1.165, 1.54) is 0 Å². The highest BCUT2D eigenvalue weighted by Crippen LogP contribution is 2.14. The number of nitrogens with one attached hydrogen (secondary N) is 1. The quantitative estimate of drug-likeness (QED) is 0.573. The summed E-state index contributed by atoms with van der Waals surface area (Å²) >= 11 is 0. The molecule has 0 heterocycles. The van der Waals surface area contributed by atoms with Crippen LogP contribution in [-0.2, 0) is 19.1 Å². The molecule has 0 spiro atoms. The molecule has 0 saturated heterocycles. The largest absolute Gasteiger partial charge is 0.491 e. The fourth-order valence-electron chi connectivity index (χ4n) is 1.84. The van der Waals surface area contributed by atoms with E-state index >= 15 is 0 Å². The molecule has 24 heavy (non-hydrogen) atoms. The third-order valence-electron chi connectivity index (χ3n) is 2.81. The SMILES string of the molecule is CCOC(=O)C(NC(=O)c1ccc(OC(C)C)cc1)C(=O)OCC. The molecule has 1 rings (SSSR count). The van der Waals surface area contributed by atoms with Crippen LogP contribution in [0.4, 0.5) is 0 Å². The van der Waals surface area contributed by atoms with Crippen molar-refractivity contribution in [3.8, 4) is 5.75 Å². The molecular weight excluding hydrogens is 314 g/mol. The van der Waals surface area contributed by atoms with Crippen molar-refractivity contribution >= 4 is 17.8 Å². The minimum absolute atomic E-state index is 0.0154. The summed E-state index contributed by atoms with van der Waals surface area (Å²) in [5.41, 5.74) is 0.282. The predicted molar refractivity (Wildman–Crippen MR) is 86.7 cm³/mol. The van der Waals surface area contributed by atoms with E-state index in [2.05, 4.69) is 5.32 Å². The lowest BCUT2D eigenvalue weighted by atomic mass is 10.2. The number of carbonyl (C=O) groups is 3. The number of hydrogen-bond acceptors (Lipinski definition) is 6. The molecule has 1 aromatic carbocycles. The van der Waals surface area contributed by atoms with E-state index < -0.39 is 23.9 Å². The summed E-state index contributed by atoms with van der Waals surface area (Å²) in [6.45, 7) is 7.18. The van der Waals surface area contributed by atoms with Crippen LogP contribution in [0.1, 0.15) is 38.1 Å². The number of amides is 1. The Kier molecular flexibility index (Phi) is 7.74. The molecule has 1 aromatic rings. The second-order valence-electron chi connectivity index (χ2n) is 5.10. The second-order valence-corrected chi connectivity index (χ2v) is 5.10. The molecule has 0 aromatic heterocycles. The average Bonchev–Trinajstić information content (AvgIpc) is 2.52. The molecule has 1 amide bonds. The molecule has 132 valence electrons. The van der Waals surface area contributed by atoms with Gasteiger partial charge in [0.2, 0.25) is 6.04 Å². The molecule has 0 aliphatic carbocycles. The van der Waals surface area contributed by atoms with E-state index in [0.29, 0.717) is 5.75 Å². The monoisotopic (exact) mass is 337 g/mol. The predicted octanol–water partition coefficient (Wildman–Crippen LogP) is 1.70.